The van der Waals surface area contributed by atoms with Crippen LogP contribution in [0.5, 0.6) is 5.75 Å². The van der Waals surface area contributed by atoms with Crippen LogP contribution in [0.1, 0.15) is 30.0 Å². The molecule has 23 heavy (non-hydrogen) atoms. The molecule has 0 radical (unpaired) electrons. The standard InChI is InChI=1S/C15H17FN2O3S2/c1-10-9-22-14(17-10)15(6-3-7-15)18-23(19,20)11-4-5-13(21-2)12(16)8-11/h4-5,8-9,18H,3,6-7H2,1-2H3. The lowest BCUT2D eigenvalue weighted by Gasteiger charge is -2.40. The number of hydrogen-bond donors (Lipinski definition) is 1. The molecule has 0 spiro atoms. The summed E-state index contributed by atoms with van der Waals surface area (Å²) in [5.41, 5.74) is 0.194. The van der Waals surface area contributed by atoms with Gasteiger partial charge in [-0.25, -0.2) is 17.8 Å². The summed E-state index contributed by atoms with van der Waals surface area (Å²) >= 11 is 1.45. The van der Waals surface area contributed by atoms with Crippen molar-refractivity contribution in [2.75, 3.05) is 7.11 Å². The van der Waals surface area contributed by atoms with Crippen molar-refractivity contribution in [1.82, 2.24) is 9.71 Å². The van der Waals surface area contributed by atoms with E-state index in [0.717, 1.165) is 23.2 Å². The molecule has 1 aromatic heterocycles. The molecule has 1 N–H and O–H groups in total. The summed E-state index contributed by atoms with van der Waals surface area (Å²) in [5, 5.41) is 2.66. The van der Waals surface area contributed by atoms with Crippen molar-refractivity contribution in [3.63, 3.8) is 0 Å². The Labute approximate surface area is 138 Å². The molecule has 1 fully saturated rings. The van der Waals surface area contributed by atoms with Crippen LogP contribution >= 0.6 is 11.3 Å². The van der Waals surface area contributed by atoms with Crippen LogP contribution in [0, 0.1) is 12.7 Å². The van der Waals surface area contributed by atoms with Gasteiger partial charge < -0.3 is 4.74 Å². The number of aromatic nitrogens is 1. The second-order valence-electron chi connectivity index (χ2n) is 5.63. The Bertz CT molecular complexity index is 829. The lowest BCUT2D eigenvalue weighted by molar-refractivity contribution is 0.223. The van der Waals surface area contributed by atoms with E-state index in [4.69, 9.17) is 4.74 Å². The minimum atomic E-state index is -3.84. The first-order valence-electron chi connectivity index (χ1n) is 7.16. The van der Waals surface area contributed by atoms with Gasteiger partial charge >= 0.3 is 0 Å². The fourth-order valence-corrected chi connectivity index (χ4v) is 5.11. The van der Waals surface area contributed by atoms with Gasteiger partial charge in [0.25, 0.3) is 0 Å². The number of ether oxygens (including phenoxy) is 1. The number of nitrogens with one attached hydrogen (secondary N) is 1. The summed E-state index contributed by atoms with van der Waals surface area (Å²) in [6.07, 6.45) is 2.31. The molecule has 5 nitrogen and oxygen atoms in total. The monoisotopic (exact) mass is 356 g/mol. The molecular weight excluding hydrogens is 339 g/mol. The summed E-state index contributed by atoms with van der Waals surface area (Å²) in [6.45, 7) is 1.87. The van der Waals surface area contributed by atoms with Gasteiger partial charge in [0.05, 0.1) is 17.5 Å². The van der Waals surface area contributed by atoms with Gasteiger partial charge in [0.15, 0.2) is 11.6 Å². The molecule has 0 unspecified atom stereocenters. The number of hydrogen-bond acceptors (Lipinski definition) is 5. The van der Waals surface area contributed by atoms with Gasteiger partial charge in [-0.15, -0.1) is 11.3 Å². The first-order chi connectivity index (χ1) is 10.9. The van der Waals surface area contributed by atoms with E-state index in [-0.39, 0.29) is 10.6 Å². The van der Waals surface area contributed by atoms with E-state index >= 15 is 0 Å². The van der Waals surface area contributed by atoms with Crippen molar-refractivity contribution in [1.29, 1.82) is 0 Å². The first-order valence-corrected chi connectivity index (χ1v) is 9.53. The van der Waals surface area contributed by atoms with Crippen molar-refractivity contribution in [3.8, 4) is 5.75 Å². The van der Waals surface area contributed by atoms with Crippen LogP contribution in [0.25, 0.3) is 0 Å². The number of methoxy groups -OCH3 is 1. The molecule has 0 saturated heterocycles. The van der Waals surface area contributed by atoms with Crippen LogP contribution in [0.3, 0.4) is 0 Å². The number of sulfonamides is 1. The Kier molecular flexibility index (Phi) is 4.16. The highest BCUT2D eigenvalue weighted by atomic mass is 32.2. The molecule has 0 amide bonds. The lowest BCUT2D eigenvalue weighted by atomic mass is 9.78. The van der Waals surface area contributed by atoms with Crippen LogP contribution in [0.4, 0.5) is 4.39 Å². The minimum absolute atomic E-state index is 0.0119. The molecule has 0 bridgehead atoms. The van der Waals surface area contributed by atoms with Crippen LogP contribution in [0.15, 0.2) is 28.5 Å². The smallest absolute Gasteiger partial charge is 0.241 e. The third kappa shape index (κ3) is 2.98. The summed E-state index contributed by atoms with van der Waals surface area (Å²) in [5.74, 6) is -0.694. The topological polar surface area (TPSA) is 68.3 Å². The fourth-order valence-electron chi connectivity index (χ4n) is 2.59. The highest BCUT2D eigenvalue weighted by molar-refractivity contribution is 7.89. The lowest BCUT2D eigenvalue weighted by Crippen LogP contribution is -2.50. The molecule has 1 aromatic carbocycles. The molecule has 3 rings (SSSR count). The van der Waals surface area contributed by atoms with Crippen LogP contribution in [-0.4, -0.2) is 20.5 Å². The number of rotatable bonds is 5. The second-order valence-corrected chi connectivity index (χ2v) is 8.17. The summed E-state index contributed by atoms with van der Waals surface area (Å²) in [6, 6.07) is 3.62. The van der Waals surface area contributed by atoms with Crippen molar-refractivity contribution in [2.45, 2.75) is 36.6 Å². The molecule has 8 heteroatoms. The predicted molar refractivity (Wildman–Crippen MR) is 85.7 cm³/mol. The van der Waals surface area contributed by atoms with Crippen molar-refractivity contribution in [2.24, 2.45) is 0 Å². The predicted octanol–water partition coefficient (Wildman–Crippen LogP) is 2.96. The number of thiazole rings is 1. The Morgan fingerprint density at radius 3 is 2.61 bits per heavy atom. The van der Waals surface area contributed by atoms with E-state index in [1.807, 2.05) is 12.3 Å². The third-order valence-corrected chi connectivity index (χ3v) is 6.70. The highest BCUT2D eigenvalue weighted by Gasteiger charge is 2.44. The zero-order valence-electron chi connectivity index (χ0n) is 12.8. The molecular formula is C15H17FN2O3S2. The average Bonchev–Trinajstić information content (AvgIpc) is 2.89. The molecule has 1 heterocycles. The first kappa shape index (κ1) is 16.4. The summed E-state index contributed by atoms with van der Waals surface area (Å²) in [7, 11) is -2.51. The zero-order valence-corrected chi connectivity index (χ0v) is 14.4. The quantitative estimate of drug-likeness (QED) is 0.894. The molecule has 0 aliphatic heterocycles. The van der Waals surface area contributed by atoms with E-state index in [9.17, 15) is 12.8 Å². The normalized spacial score (nSPS) is 16.8. The van der Waals surface area contributed by atoms with Gasteiger partial charge in [0, 0.05) is 11.1 Å². The number of benzene rings is 1. The molecule has 1 saturated carbocycles. The summed E-state index contributed by atoms with van der Waals surface area (Å²) in [4.78, 5) is 4.31. The van der Waals surface area contributed by atoms with Crippen molar-refractivity contribution < 1.29 is 17.5 Å². The van der Waals surface area contributed by atoms with Crippen LogP contribution in [-0.2, 0) is 15.6 Å². The maximum Gasteiger partial charge on any atom is 0.241 e. The van der Waals surface area contributed by atoms with Gasteiger partial charge in [-0.2, -0.15) is 4.72 Å². The molecule has 0 atom stereocenters. The van der Waals surface area contributed by atoms with Gasteiger partial charge in [0.2, 0.25) is 10.0 Å². The number of aryl methyl sites for hydroxylation is 1. The van der Waals surface area contributed by atoms with Crippen LogP contribution in [0.2, 0.25) is 0 Å². The van der Waals surface area contributed by atoms with Gasteiger partial charge in [0.1, 0.15) is 5.01 Å². The zero-order chi connectivity index (χ0) is 16.7. The van der Waals surface area contributed by atoms with Gasteiger partial charge in [-0.1, -0.05) is 0 Å². The SMILES string of the molecule is COc1ccc(S(=O)(=O)NC2(c3nc(C)cs3)CCC2)cc1F. The van der Waals surface area contributed by atoms with E-state index in [1.54, 1.807) is 0 Å². The molecule has 124 valence electrons. The Hall–Kier alpha value is -1.51. The average molecular weight is 356 g/mol. The fraction of sp³-hybridized carbons (Fsp3) is 0.400. The maximum atomic E-state index is 13.8. The van der Waals surface area contributed by atoms with E-state index in [1.165, 1.54) is 30.6 Å². The molecule has 1 aliphatic carbocycles. The van der Waals surface area contributed by atoms with Gasteiger partial charge in [-0.05, 0) is 44.4 Å². The number of halogens is 1. The number of nitrogens with zero attached hydrogens (tertiary/aromatic N) is 1. The van der Waals surface area contributed by atoms with Crippen molar-refractivity contribution in [3.05, 3.63) is 40.1 Å². The summed E-state index contributed by atoms with van der Waals surface area (Å²) < 4.78 is 46.6. The minimum Gasteiger partial charge on any atom is -0.494 e. The molecule has 2 aromatic rings. The van der Waals surface area contributed by atoms with E-state index < -0.39 is 21.4 Å². The van der Waals surface area contributed by atoms with Gasteiger partial charge in [-0.3, -0.25) is 0 Å². The maximum absolute atomic E-state index is 13.8. The molecule has 1 aliphatic rings. The second kappa shape index (κ2) is 5.85. The van der Waals surface area contributed by atoms with E-state index in [2.05, 4.69) is 9.71 Å². The van der Waals surface area contributed by atoms with Crippen LogP contribution < -0.4 is 9.46 Å². The van der Waals surface area contributed by atoms with Crippen molar-refractivity contribution >= 4 is 21.4 Å². The Balaban J connectivity index is 1.92. The highest BCUT2D eigenvalue weighted by Crippen LogP contribution is 2.43. The van der Waals surface area contributed by atoms with E-state index in [0.29, 0.717) is 12.8 Å². The largest absolute Gasteiger partial charge is 0.494 e. The Morgan fingerprint density at radius 2 is 2.13 bits per heavy atom. The Morgan fingerprint density at radius 1 is 1.39 bits per heavy atom. The third-order valence-electron chi connectivity index (χ3n) is 4.00.